The molecule has 0 aliphatic carbocycles. The summed E-state index contributed by atoms with van der Waals surface area (Å²) in [5, 5.41) is 9.67. The van der Waals surface area contributed by atoms with Gasteiger partial charge in [-0.1, -0.05) is 53.4 Å². The van der Waals surface area contributed by atoms with E-state index in [4.69, 9.17) is 4.74 Å². The van der Waals surface area contributed by atoms with Crippen LogP contribution in [0.2, 0.25) is 0 Å². The molecule has 0 saturated heterocycles. The van der Waals surface area contributed by atoms with Crippen LogP contribution in [0.5, 0.6) is 5.75 Å². The number of ether oxygens (including phenoxy) is 1. The normalized spacial score (nSPS) is 12.2. The van der Waals surface area contributed by atoms with E-state index >= 15 is 0 Å². The maximum Gasteiger partial charge on any atom is 0.187 e. The van der Waals surface area contributed by atoms with Gasteiger partial charge in [-0.05, 0) is 24.6 Å². The standard InChI is InChI=1S/C19H17N5OS/c1-13(14-7-4-3-5-8-14)26-19-17-18(20-12-21-19)24(23-22-17)15-9-6-10-16(11-15)25-2/h3-13H,1-2H3/t13-/m0/s1. The molecule has 0 aliphatic rings. The average Bonchev–Trinajstić information content (AvgIpc) is 3.14. The van der Waals surface area contributed by atoms with Crippen molar-refractivity contribution in [1.82, 2.24) is 25.0 Å². The summed E-state index contributed by atoms with van der Waals surface area (Å²) in [6.45, 7) is 2.15. The first-order chi connectivity index (χ1) is 12.8. The highest BCUT2D eigenvalue weighted by molar-refractivity contribution is 7.99. The summed E-state index contributed by atoms with van der Waals surface area (Å²) in [4.78, 5) is 8.81. The van der Waals surface area contributed by atoms with Gasteiger partial charge in [0.1, 0.15) is 17.1 Å². The van der Waals surface area contributed by atoms with Crippen LogP contribution in [0, 0.1) is 0 Å². The Morgan fingerprint density at radius 1 is 1.04 bits per heavy atom. The summed E-state index contributed by atoms with van der Waals surface area (Å²) in [6.07, 6.45) is 1.56. The van der Waals surface area contributed by atoms with Crippen molar-refractivity contribution >= 4 is 22.9 Å². The van der Waals surface area contributed by atoms with E-state index in [0.29, 0.717) is 11.2 Å². The lowest BCUT2D eigenvalue weighted by atomic mass is 10.2. The molecule has 2 aromatic carbocycles. The van der Waals surface area contributed by atoms with E-state index in [2.05, 4.69) is 39.3 Å². The second-order valence-corrected chi connectivity index (χ2v) is 7.05. The Morgan fingerprint density at radius 2 is 1.88 bits per heavy atom. The highest BCUT2D eigenvalue weighted by Gasteiger charge is 2.16. The van der Waals surface area contributed by atoms with Crippen LogP contribution < -0.4 is 4.74 Å². The Hall–Kier alpha value is -2.93. The van der Waals surface area contributed by atoms with Gasteiger partial charge >= 0.3 is 0 Å². The first-order valence-electron chi connectivity index (χ1n) is 8.18. The Balaban J connectivity index is 1.71. The third-order valence-electron chi connectivity index (χ3n) is 4.06. The van der Waals surface area contributed by atoms with Crippen LogP contribution in [0.15, 0.2) is 66.0 Å². The van der Waals surface area contributed by atoms with Gasteiger partial charge in [0, 0.05) is 11.3 Å². The number of aromatic nitrogens is 5. The zero-order valence-electron chi connectivity index (χ0n) is 14.4. The third kappa shape index (κ3) is 3.13. The minimum absolute atomic E-state index is 0.247. The van der Waals surface area contributed by atoms with Crippen molar-refractivity contribution < 1.29 is 4.74 Å². The number of hydrogen-bond acceptors (Lipinski definition) is 6. The van der Waals surface area contributed by atoms with Gasteiger partial charge in [0.2, 0.25) is 0 Å². The van der Waals surface area contributed by atoms with Gasteiger partial charge in [-0.3, -0.25) is 0 Å². The predicted molar refractivity (Wildman–Crippen MR) is 102 cm³/mol. The molecule has 2 heterocycles. The lowest BCUT2D eigenvalue weighted by molar-refractivity contribution is 0.414. The first kappa shape index (κ1) is 16.5. The fourth-order valence-electron chi connectivity index (χ4n) is 2.69. The molecule has 26 heavy (non-hydrogen) atoms. The molecule has 7 heteroatoms. The van der Waals surface area contributed by atoms with E-state index in [0.717, 1.165) is 16.5 Å². The van der Waals surface area contributed by atoms with Crippen LogP contribution in [0.25, 0.3) is 16.9 Å². The summed E-state index contributed by atoms with van der Waals surface area (Å²) < 4.78 is 7.00. The molecule has 0 aliphatic heterocycles. The van der Waals surface area contributed by atoms with Gasteiger partial charge in [0.15, 0.2) is 11.2 Å². The molecule has 0 unspecified atom stereocenters. The van der Waals surface area contributed by atoms with Crippen molar-refractivity contribution in [3.63, 3.8) is 0 Å². The van der Waals surface area contributed by atoms with E-state index in [1.54, 1.807) is 29.9 Å². The summed E-state index contributed by atoms with van der Waals surface area (Å²) in [5.41, 5.74) is 3.46. The number of hydrogen-bond donors (Lipinski definition) is 0. The minimum Gasteiger partial charge on any atom is -0.497 e. The van der Waals surface area contributed by atoms with Crippen molar-refractivity contribution in [2.45, 2.75) is 17.2 Å². The van der Waals surface area contributed by atoms with Gasteiger partial charge in [0.25, 0.3) is 0 Å². The lowest BCUT2D eigenvalue weighted by Gasteiger charge is -2.10. The fourth-order valence-corrected chi connectivity index (χ4v) is 3.67. The largest absolute Gasteiger partial charge is 0.497 e. The molecule has 130 valence electrons. The Bertz CT molecular complexity index is 1030. The topological polar surface area (TPSA) is 65.7 Å². The van der Waals surface area contributed by atoms with Crippen molar-refractivity contribution in [2.75, 3.05) is 7.11 Å². The smallest absolute Gasteiger partial charge is 0.187 e. The monoisotopic (exact) mass is 363 g/mol. The average molecular weight is 363 g/mol. The second-order valence-electron chi connectivity index (χ2n) is 5.72. The van der Waals surface area contributed by atoms with Crippen molar-refractivity contribution in [1.29, 1.82) is 0 Å². The van der Waals surface area contributed by atoms with Crippen LogP contribution in [0.1, 0.15) is 17.7 Å². The minimum atomic E-state index is 0.247. The lowest BCUT2D eigenvalue weighted by Crippen LogP contribution is -1.99. The maximum absolute atomic E-state index is 5.29. The molecule has 0 spiro atoms. The quantitative estimate of drug-likeness (QED) is 0.393. The molecule has 0 radical (unpaired) electrons. The number of rotatable bonds is 5. The van der Waals surface area contributed by atoms with Gasteiger partial charge in [0.05, 0.1) is 12.8 Å². The highest BCUT2D eigenvalue weighted by atomic mass is 32.2. The Labute approximate surface area is 155 Å². The van der Waals surface area contributed by atoms with Crippen LogP contribution in [-0.2, 0) is 0 Å². The molecule has 6 nitrogen and oxygen atoms in total. The van der Waals surface area contributed by atoms with Gasteiger partial charge < -0.3 is 4.74 Å². The highest BCUT2D eigenvalue weighted by Crippen LogP contribution is 2.36. The van der Waals surface area contributed by atoms with E-state index in [-0.39, 0.29) is 5.25 Å². The van der Waals surface area contributed by atoms with Crippen molar-refractivity contribution in [2.24, 2.45) is 0 Å². The molecule has 0 saturated carbocycles. The fraction of sp³-hybridized carbons (Fsp3) is 0.158. The number of benzene rings is 2. The van der Waals surface area contributed by atoms with E-state index in [9.17, 15) is 0 Å². The van der Waals surface area contributed by atoms with Crippen molar-refractivity contribution in [3.05, 3.63) is 66.5 Å². The van der Waals surface area contributed by atoms with Gasteiger partial charge in [-0.15, -0.1) is 5.10 Å². The molecule has 4 aromatic rings. The number of thioether (sulfide) groups is 1. The first-order valence-corrected chi connectivity index (χ1v) is 9.06. The van der Waals surface area contributed by atoms with Crippen molar-refractivity contribution in [3.8, 4) is 11.4 Å². The Morgan fingerprint density at radius 3 is 2.69 bits per heavy atom. The molecule has 0 fully saturated rings. The maximum atomic E-state index is 5.29. The summed E-state index contributed by atoms with van der Waals surface area (Å²) >= 11 is 1.65. The summed E-state index contributed by atoms with van der Waals surface area (Å²) in [7, 11) is 1.64. The number of methoxy groups -OCH3 is 1. The van der Waals surface area contributed by atoms with Gasteiger partial charge in [-0.25, -0.2) is 9.97 Å². The number of nitrogens with zero attached hydrogens (tertiary/aromatic N) is 5. The van der Waals surface area contributed by atoms with E-state index < -0.39 is 0 Å². The third-order valence-corrected chi connectivity index (χ3v) is 5.21. The van der Waals surface area contributed by atoms with Crippen LogP contribution >= 0.6 is 11.8 Å². The summed E-state index contributed by atoms with van der Waals surface area (Å²) in [6, 6.07) is 18.0. The summed E-state index contributed by atoms with van der Waals surface area (Å²) in [5.74, 6) is 0.757. The molecule has 0 N–H and O–H groups in total. The van der Waals surface area contributed by atoms with Gasteiger partial charge in [-0.2, -0.15) is 4.68 Å². The molecule has 0 bridgehead atoms. The van der Waals surface area contributed by atoms with Crippen LogP contribution in [-0.4, -0.2) is 32.1 Å². The van der Waals surface area contributed by atoms with Crippen LogP contribution in [0.4, 0.5) is 0 Å². The molecular formula is C19H17N5OS. The molecular weight excluding hydrogens is 346 g/mol. The second kappa shape index (κ2) is 7.13. The molecule has 0 amide bonds. The number of fused-ring (bicyclic) bond motifs is 1. The van der Waals surface area contributed by atoms with E-state index in [1.165, 1.54) is 5.56 Å². The zero-order valence-corrected chi connectivity index (χ0v) is 15.2. The van der Waals surface area contributed by atoms with Crippen LogP contribution in [0.3, 0.4) is 0 Å². The van der Waals surface area contributed by atoms with E-state index in [1.807, 2.05) is 42.5 Å². The molecule has 4 rings (SSSR count). The zero-order chi connectivity index (χ0) is 17.9. The predicted octanol–water partition coefficient (Wildman–Crippen LogP) is 4.07. The molecule has 2 aromatic heterocycles. The molecule has 1 atom stereocenters. The SMILES string of the molecule is COc1cccc(-n2nnc3c(S[C@@H](C)c4ccccc4)ncnc32)c1. The Kier molecular flexibility index (Phi) is 4.53.